The van der Waals surface area contributed by atoms with Gasteiger partial charge in [0.2, 0.25) is 5.84 Å². The minimum absolute atomic E-state index is 0. The smallest absolute Gasteiger partial charge is 0.255 e. The molecule has 0 aliphatic rings. The zero-order chi connectivity index (χ0) is 34.7. The van der Waals surface area contributed by atoms with E-state index in [0.717, 1.165) is 31.8 Å². The van der Waals surface area contributed by atoms with Crippen LogP contribution in [0, 0.1) is 5.41 Å². The van der Waals surface area contributed by atoms with Crippen molar-refractivity contribution in [3.05, 3.63) is 0 Å². The number of rotatable bonds is 30. The maximum atomic E-state index is 7.50. The van der Waals surface area contributed by atoms with Crippen molar-refractivity contribution in [3.8, 4) is 0 Å². The number of hydrogen-bond donors (Lipinski definition) is 4. The maximum absolute atomic E-state index is 7.50. The molecule has 0 aromatic heterocycles. The van der Waals surface area contributed by atoms with Crippen LogP contribution in [0.1, 0.15) is 197 Å². The summed E-state index contributed by atoms with van der Waals surface area (Å²) in [7, 11) is 0. The lowest BCUT2D eigenvalue weighted by Crippen LogP contribution is -3.00. The fourth-order valence-corrected chi connectivity index (χ4v) is 5.50. The lowest BCUT2D eigenvalue weighted by molar-refractivity contribution is -0.536. The van der Waals surface area contributed by atoms with Crippen LogP contribution in [0.25, 0.3) is 0 Å². The molecular weight excluding hydrogens is 760 g/mol. The average Bonchev–Trinajstić information content (AvgIpc) is 3.06. The third-order valence-electron chi connectivity index (χ3n) is 8.81. The molecule has 0 aromatic carbocycles. The topological polar surface area (TPSA) is 81.9 Å². The van der Waals surface area contributed by atoms with E-state index >= 15 is 0 Å². The number of unbranched alkanes of at least 4 members (excludes halogenated alkanes) is 12. The molecule has 5 N–H and O–H groups in total. The predicted octanol–water partition coefficient (Wildman–Crippen LogP) is -0.362. The minimum atomic E-state index is 0. The van der Waals surface area contributed by atoms with Gasteiger partial charge in [0.1, 0.15) is 19.5 Å². The first kappa shape index (κ1) is 57.9. The summed E-state index contributed by atoms with van der Waals surface area (Å²) in [6.45, 7) is 25.1. The SMILES string of the molecule is CCCCCCCNC(CC(CC)=[N+](CCCC)CCCC)=[N+](CCCC)CCCC.CCCCCCC[NH+]=C(N)CC(=N)CC.[Br-].[Br-].[Cl-]. The molecule has 0 heterocycles. The van der Waals surface area contributed by atoms with E-state index < -0.39 is 0 Å². The van der Waals surface area contributed by atoms with Gasteiger partial charge >= 0.3 is 0 Å². The van der Waals surface area contributed by atoms with E-state index in [-0.39, 0.29) is 46.4 Å². The number of amidine groups is 2. The van der Waals surface area contributed by atoms with E-state index in [0.29, 0.717) is 12.1 Å². The maximum Gasteiger partial charge on any atom is 0.255 e. The van der Waals surface area contributed by atoms with Gasteiger partial charge in [0.05, 0.1) is 32.6 Å². The summed E-state index contributed by atoms with van der Waals surface area (Å²) < 4.78 is 5.43. The summed E-state index contributed by atoms with van der Waals surface area (Å²) in [4.78, 5) is 3.18. The van der Waals surface area contributed by atoms with E-state index in [1.807, 2.05) is 6.92 Å². The summed E-state index contributed by atoms with van der Waals surface area (Å²) in [5.41, 5.74) is 8.10. The lowest BCUT2D eigenvalue weighted by Gasteiger charge is -2.15. The molecule has 0 atom stereocenters. The van der Waals surface area contributed by atoms with Crippen LogP contribution in [-0.2, 0) is 0 Å². The zero-order valence-corrected chi connectivity index (χ0v) is 37.8. The number of nitrogens with zero attached hydrogens (tertiary/aromatic N) is 2. The van der Waals surface area contributed by atoms with Crippen molar-refractivity contribution in [2.24, 2.45) is 5.73 Å². The molecule has 0 rings (SSSR count). The van der Waals surface area contributed by atoms with Crippen molar-refractivity contribution in [1.82, 2.24) is 5.32 Å². The summed E-state index contributed by atoms with van der Waals surface area (Å²) in [5, 5.41) is 11.4. The highest BCUT2D eigenvalue weighted by Gasteiger charge is 2.21. The molecule has 0 amide bonds. The van der Waals surface area contributed by atoms with Crippen molar-refractivity contribution < 1.29 is 60.5 Å². The monoisotopic (exact) mass is 842 g/mol. The fraction of sp³-hybridized carbons (Fsp3) is 0.900. The van der Waals surface area contributed by atoms with Gasteiger partial charge in [-0.25, -0.2) is 4.58 Å². The Hall–Kier alpha value is -0.470. The van der Waals surface area contributed by atoms with E-state index in [4.69, 9.17) is 11.1 Å². The quantitative estimate of drug-likeness (QED) is 0.0346. The van der Waals surface area contributed by atoms with Crippen LogP contribution in [-0.4, -0.2) is 71.5 Å². The van der Waals surface area contributed by atoms with Crippen molar-refractivity contribution >= 4 is 23.1 Å². The second kappa shape index (κ2) is 45.6. The van der Waals surface area contributed by atoms with Gasteiger partial charge in [0.25, 0.3) is 5.84 Å². The number of hydrogen-bond acceptors (Lipinski definition) is 1. The zero-order valence-electron chi connectivity index (χ0n) is 33.9. The first-order chi connectivity index (χ1) is 22.4. The van der Waals surface area contributed by atoms with Crippen LogP contribution in [0.2, 0.25) is 0 Å². The Labute approximate surface area is 334 Å². The molecule has 0 saturated carbocycles. The molecule has 49 heavy (non-hydrogen) atoms. The molecule has 0 saturated heterocycles. The molecule has 296 valence electrons. The third-order valence-corrected chi connectivity index (χ3v) is 8.81. The highest BCUT2D eigenvalue weighted by molar-refractivity contribution is 5.99. The van der Waals surface area contributed by atoms with Crippen LogP contribution >= 0.6 is 0 Å². The second-order valence-electron chi connectivity index (χ2n) is 13.3. The van der Waals surface area contributed by atoms with Crippen LogP contribution in [0.4, 0.5) is 0 Å². The number of nitrogens with two attached hydrogens (primary N) is 1. The molecule has 0 unspecified atom stereocenters. The van der Waals surface area contributed by atoms with Crippen molar-refractivity contribution in [2.75, 3.05) is 39.3 Å². The Morgan fingerprint density at radius 3 is 1.41 bits per heavy atom. The first-order valence-electron chi connectivity index (χ1n) is 20.2. The van der Waals surface area contributed by atoms with Gasteiger partial charge in [-0.3, -0.25) is 20.6 Å². The third kappa shape index (κ3) is 37.1. The lowest BCUT2D eigenvalue weighted by atomic mass is 10.1. The van der Waals surface area contributed by atoms with Gasteiger partial charge in [0, 0.05) is 25.0 Å². The molecule has 0 bridgehead atoms. The summed E-state index contributed by atoms with van der Waals surface area (Å²) >= 11 is 0. The van der Waals surface area contributed by atoms with Crippen molar-refractivity contribution in [2.45, 2.75) is 197 Å². The molecule has 0 aromatic rings. The Bertz CT molecular complexity index is 782. The van der Waals surface area contributed by atoms with E-state index in [2.05, 4.69) is 67.9 Å². The number of nitrogens with one attached hydrogen (secondary N) is 3. The van der Waals surface area contributed by atoms with Gasteiger partial charge in [-0.05, 0) is 44.9 Å². The molecule has 0 aliphatic carbocycles. The predicted molar refractivity (Wildman–Crippen MR) is 208 cm³/mol. The Balaban J connectivity index is -0.000000305. The van der Waals surface area contributed by atoms with Crippen LogP contribution in [0.5, 0.6) is 0 Å². The van der Waals surface area contributed by atoms with Crippen LogP contribution in [0.15, 0.2) is 0 Å². The minimum Gasteiger partial charge on any atom is -1.00 e. The standard InChI is InChI=1S/C28H58N3.C12H25N3.2BrH.ClH/c1-7-13-18-19-20-21-29-28(31(24-16-10-4)25-17-11-5)26-27(12-6)30(22-14-8-2)23-15-9-3;1-3-5-6-7-8-9-15-12(14)10-11(13)4-2;;;/h7-26H2,1-6H3;13H,3-10H2,1-2H3,(H2,14,15);3*1H/q+1;;;;/p-1. The number of halogens is 3. The summed E-state index contributed by atoms with van der Waals surface area (Å²) in [5.74, 6) is 2.25. The average molecular weight is 845 g/mol. The summed E-state index contributed by atoms with van der Waals surface area (Å²) in [6.07, 6.45) is 27.2. The molecule has 6 nitrogen and oxygen atoms in total. The second-order valence-corrected chi connectivity index (χ2v) is 13.3. The van der Waals surface area contributed by atoms with Gasteiger partial charge in [-0.1, -0.05) is 120 Å². The molecular formula is C40H85Br2ClN6. The van der Waals surface area contributed by atoms with E-state index in [1.165, 1.54) is 154 Å². The molecule has 0 fully saturated rings. The van der Waals surface area contributed by atoms with Gasteiger partial charge in [-0.15, -0.1) is 0 Å². The highest BCUT2D eigenvalue weighted by atomic mass is 79.9. The largest absolute Gasteiger partial charge is 1.00 e. The first-order valence-corrected chi connectivity index (χ1v) is 20.2. The van der Waals surface area contributed by atoms with Crippen LogP contribution < -0.4 is 62.4 Å². The molecule has 0 spiro atoms. The molecule has 0 radical (unpaired) electrons. The van der Waals surface area contributed by atoms with E-state index in [9.17, 15) is 0 Å². The normalized spacial score (nSPS) is 10.5. The summed E-state index contributed by atoms with van der Waals surface area (Å²) in [6, 6.07) is 0. The Kier molecular flexibility index (Phi) is 53.8. The highest BCUT2D eigenvalue weighted by Crippen LogP contribution is 2.05. The van der Waals surface area contributed by atoms with Crippen molar-refractivity contribution in [3.63, 3.8) is 0 Å². The van der Waals surface area contributed by atoms with Gasteiger partial charge in [0.15, 0.2) is 5.71 Å². The van der Waals surface area contributed by atoms with Crippen LogP contribution in [0.3, 0.4) is 0 Å². The molecule has 9 heteroatoms. The van der Waals surface area contributed by atoms with E-state index in [1.54, 1.807) is 5.71 Å². The molecule has 0 aliphatic heterocycles. The fourth-order valence-electron chi connectivity index (χ4n) is 5.50. The van der Waals surface area contributed by atoms with Crippen molar-refractivity contribution in [1.29, 1.82) is 5.41 Å². The Morgan fingerprint density at radius 1 is 0.551 bits per heavy atom. The van der Waals surface area contributed by atoms with Gasteiger partial charge < -0.3 is 51.8 Å². The van der Waals surface area contributed by atoms with Gasteiger partial charge in [-0.2, -0.15) is 0 Å². The Morgan fingerprint density at radius 2 is 0.980 bits per heavy atom.